The molecule has 0 aliphatic rings. The number of methoxy groups -OCH3 is 1. The number of benzene rings is 3. The van der Waals surface area contributed by atoms with Crippen LogP contribution in [0.15, 0.2) is 85.5 Å². The maximum atomic E-state index is 6.03. The summed E-state index contributed by atoms with van der Waals surface area (Å²) in [6, 6.07) is 24.7. The van der Waals surface area contributed by atoms with Gasteiger partial charge >= 0.3 is 0 Å². The van der Waals surface area contributed by atoms with Crippen LogP contribution in [-0.4, -0.2) is 21.9 Å². The van der Waals surface area contributed by atoms with Gasteiger partial charge in [0, 0.05) is 12.6 Å². The van der Waals surface area contributed by atoms with Gasteiger partial charge in [0.2, 0.25) is 0 Å². The Bertz CT molecular complexity index is 1080. The number of hydrogen-bond acceptors (Lipinski definition) is 5. The van der Waals surface area contributed by atoms with Crippen molar-refractivity contribution in [2.75, 3.05) is 7.11 Å². The molecule has 1 heterocycles. The summed E-state index contributed by atoms with van der Waals surface area (Å²) in [4.78, 5) is 3.99. The predicted octanol–water partition coefficient (Wildman–Crippen LogP) is 4.71. The zero-order chi connectivity index (χ0) is 21.5. The van der Waals surface area contributed by atoms with Crippen LogP contribution in [0.3, 0.4) is 0 Å². The van der Waals surface area contributed by atoms with Gasteiger partial charge in [-0.15, -0.1) is 0 Å². The van der Waals surface area contributed by atoms with E-state index in [0.717, 1.165) is 34.9 Å². The van der Waals surface area contributed by atoms with Crippen LogP contribution >= 0.6 is 0 Å². The largest absolute Gasteiger partial charge is 0.493 e. The maximum absolute atomic E-state index is 6.03. The zero-order valence-corrected chi connectivity index (χ0v) is 17.7. The molecule has 0 fully saturated rings. The number of rotatable bonds is 9. The number of ether oxygens (including phenoxy) is 2. The Kier molecular flexibility index (Phi) is 6.59. The van der Waals surface area contributed by atoms with Crippen molar-refractivity contribution in [3.05, 3.63) is 102 Å². The van der Waals surface area contributed by atoms with Gasteiger partial charge in [0.15, 0.2) is 11.5 Å². The summed E-state index contributed by atoms with van der Waals surface area (Å²) in [6.45, 7) is 3.38. The van der Waals surface area contributed by atoms with Crippen LogP contribution in [-0.2, 0) is 13.2 Å². The molecular weight excluding hydrogens is 388 g/mol. The number of hydrogen-bond donors (Lipinski definition) is 1. The molecule has 0 aliphatic heterocycles. The van der Waals surface area contributed by atoms with E-state index in [4.69, 9.17) is 9.47 Å². The average molecular weight is 415 g/mol. The van der Waals surface area contributed by atoms with Crippen LogP contribution < -0.4 is 14.8 Å². The van der Waals surface area contributed by atoms with E-state index in [2.05, 4.69) is 40.5 Å². The minimum Gasteiger partial charge on any atom is -0.493 e. The second-order valence-corrected chi connectivity index (χ2v) is 7.29. The summed E-state index contributed by atoms with van der Waals surface area (Å²) >= 11 is 0. The van der Waals surface area contributed by atoms with Crippen LogP contribution in [0.2, 0.25) is 0 Å². The molecule has 158 valence electrons. The van der Waals surface area contributed by atoms with E-state index in [-0.39, 0.29) is 6.04 Å². The molecule has 0 bridgehead atoms. The van der Waals surface area contributed by atoms with E-state index in [1.54, 1.807) is 18.1 Å². The van der Waals surface area contributed by atoms with E-state index in [0.29, 0.717) is 6.61 Å². The number of aromatic nitrogens is 3. The van der Waals surface area contributed by atoms with Crippen molar-refractivity contribution in [3.8, 4) is 17.2 Å². The standard InChI is InChI=1S/C25H26N4O2/c1-19(22-9-11-23(12-10-22)29-18-26-17-28-29)27-15-21-8-13-24(30-2)25(14-21)31-16-20-6-4-3-5-7-20/h3-14,17-19,27H,15-16H2,1-2H3. The lowest BCUT2D eigenvalue weighted by Gasteiger charge is -2.16. The van der Waals surface area contributed by atoms with Crippen molar-refractivity contribution in [2.45, 2.75) is 26.1 Å². The fourth-order valence-electron chi connectivity index (χ4n) is 3.33. The van der Waals surface area contributed by atoms with Crippen LogP contribution in [0.5, 0.6) is 11.5 Å². The Morgan fingerprint density at radius 1 is 0.935 bits per heavy atom. The fraction of sp³-hybridized carbons (Fsp3) is 0.200. The average Bonchev–Trinajstić information content (AvgIpc) is 3.37. The van der Waals surface area contributed by atoms with Gasteiger partial charge in [-0.1, -0.05) is 48.5 Å². The Morgan fingerprint density at radius 3 is 2.45 bits per heavy atom. The molecule has 0 saturated carbocycles. The summed E-state index contributed by atoms with van der Waals surface area (Å²) < 4.78 is 13.2. The first-order chi connectivity index (χ1) is 15.2. The number of nitrogens with one attached hydrogen (secondary N) is 1. The van der Waals surface area contributed by atoms with Gasteiger partial charge in [-0.2, -0.15) is 5.10 Å². The first-order valence-corrected chi connectivity index (χ1v) is 10.2. The highest BCUT2D eigenvalue weighted by atomic mass is 16.5. The Labute approximate surface area is 182 Å². The summed E-state index contributed by atoms with van der Waals surface area (Å²) in [5.41, 5.74) is 4.45. The minimum absolute atomic E-state index is 0.195. The zero-order valence-electron chi connectivity index (χ0n) is 17.7. The highest BCUT2D eigenvalue weighted by Gasteiger charge is 2.09. The van der Waals surface area contributed by atoms with Crippen molar-refractivity contribution in [2.24, 2.45) is 0 Å². The van der Waals surface area contributed by atoms with Crippen LogP contribution in [0.1, 0.15) is 29.7 Å². The molecule has 1 unspecified atom stereocenters. The lowest BCUT2D eigenvalue weighted by Crippen LogP contribution is -2.18. The normalized spacial score (nSPS) is 11.8. The van der Waals surface area contributed by atoms with Gasteiger partial charge in [-0.3, -0.25) is 0 Å². The van der Waals surface area contributed by atoms with Gasteiger partial charge in [0.25, 0.3) is 0 Å². The van der Waals surface area contributed by atoms with Gasteiger partial charge in [0.05, 0.1) is 12.8 Å². The fourth-order valence-corrected chi connectivity index (χ4v) is 3.33. The van der Waals surface area contributed by atoms with E-state index >= 15 is 0 Å². The van der Waals surface area contributed by atoms with Crippen molar-refractivity contribution < 1.29 is 9.47 Å². The summed E-state index contributed by atoms with van der Waals surface area (Å²) in [6.07, 6.45) is 3.22. The van der Waals surface area contributed by atoms with E-state index in [1.165, 1.54) is 11.9 Å². The summed E-state index contributed by atoms with van der Waals surface area (Å²) in [5.74, 6) is 1.48. The first kappa shape index (κ1) is 20.6. The van der Waals surface area contributed by atoms with Crippen molar-refractivity contribution in [3.63, 3.8) is 0 Å². The molecule has 1 aromatic heterocycles. The monoisotopic (exact) mass is 414 g/mol. The van der Waals surface area contributed by atoms with Crippen LogP contribution in [0.25, 0.3) is 5.69 Å². The second-order valence-electron chi connectivity index (χ2n) is 7.29. The molecule has 6 heteroatoms. The Morgan fingerprint density at radius 2 is 1.74 bits per heavy atom. The summed E-state index contributed by atoms with van der Waals surface area (Å²) in [5, 5.41) is 7.74. The van der Waals surface area contributed by atoms with E-state index < -0.39 is 0 Å². The van der Waals surface area contributed by atoms with Crippen LogP contribution in [0, 0.1) is 0 Å². The SMILES string of the molecule is COc1ccc(CNC(C)c2ccc(-n3cncn3)cc2)cc1OCc1ccccc1. The highest BCUT2D eigenvalue weighted by molar-refractivity contribution is 5.43. The summed E-state index contributed by atoms with van der Waals surface area (Å²) in [7, 11) is 1.66. The van der Waals surface area contributed by atoms with Gasteiger partial charge in [-0.25, -0.2) is 9.67 Å². The molecule has 0 spiro atoms. The molecule has 4 aromatic rings. The lowest BCUT2D eigenvalue weighted by atomic mass is 10.1. The molecule has 3 aromatic carbocycles. The van der Waals surface area contributed by atoms with Crippen LogP contribution in [0.4, 0.5) is 0 Å². The van der Waals surface area contributed by atoms with Gasteiger partial charge < -0.3 is 14.8 Å². The van der Waals surface area contributed by atoms with Crippen molar-refractivity contribution >= 4 is 0 Å². The molecule has 0 radical (unpaired) electrons. The Balaban J connectivity index is 1.38. The van der Waals surface area contributed by atoms with E-state index in [1.807, 2.05) is 54.6 Å². The molecule has 1 atom stereocenters. The molecular formula is C25H26N4O2. The smallest absolute Gasteiger partial charge is 0.161 e. The Hall–Kier alpha value is -3.64. The molecule has 0 saturated heterocycles. The van der Waals surface area contributed by atoms with Gasteiger partial charge in [-0.05, 0) is 47.9 Å². The lowest BCUT2D eigenvalue weighted by molar-refractivity contribution is 0.284. The molecule has 0 aliphatic carbocycles. The van der Waals surface area contributed by atoms with Crippen molar-refractivity contribution in [1.82, 2.24) is 20.1 Å². The quantitative estimate of drug-likeness (QED) is 0.430. The third kappa shape index (κ3) is 5.29. The number of nitrogens with zero attached hydrogens (tertiary/aromatic N) is 3. The molecule has 4 rings (SSSR count). The minimum atomic E-state index is 0.195. The van der Waals surface area contributed by atoms with Crippen molar-refractivity contribution in [1.29, 1.82) is 0 Å². The third-order valence-corrected chi connectivity index (χ3v) is 5.15. The third-order valence-electron chi connectivity index (χ3n) is 5.15. The maximum Gasteiger partial charge on any atom is 0.161 e. The predicted molar refractivity (Wildman–Crippen MR) is 120 cm³/mol. The first-order valence-electron chi connectivity index (χ1n) is 10.2. The molecule has 6 nitrogen and oxygen atoms in total. The highest BCUT2D eigenvalue weighted by Crippen LogP contribution is 2.29. The molecule has 31 heavy (non-hydrogen) atoms. The molecule has 1 N–H and O–H groups in total. The second kappa shape index (κ2) is 9.91. The van der Waals surface area contributed by atoms with E-state index in [9.17, 15) is 0 Å². The molecule has 0 amide bonds. The topological polar surface area (TPSA) is 61.2 Å². The van der Waals surface area contributed by atoms with Gasteiger partial charge in [0.1, 0.15) is 19.3 Å².